The predicted molar refractivity (Wildman–Crippen MR) is 134 cm³/mol. The van der Waals surface area contributed by atoms with E-state index in [1.165, 1.54) is 19.1 Å². The Balaban J connectivity index is 1.74. The van der Waals surface area contributed by atoms with E-state index in [9.17, 15) is 18.0 Å². The van der Waals surface area contributed by atoms with Crippen molar-refractivity contribution in [1.82, 2.24) is 0 Å². The molecule has 0 spiro atoms. The number of sulfonamides is 1. The van der Waals surface area contributed by atoms with E-state index in [2.05, 4.69) is 0 Å². The number of ether oxygens (including phenoxy) is 1. The Bertz CT molecular complexity index is 1350. The van der Waals surface area contributed by atoms with Crippen LogP contribution in [0.2, 0.25) is 0 Å². The van der Waals surface area contributed by atoms with Crippen molar-refractivity contribution in [2.75, 3.05) is 16.9 Å². The molecule has 1 heterocycles. The van der Waals surface area contributed by atoms with Gasteiger partial charge in [-0.1, -0.05) is 18.2 Å². The zero-order chi connectivity index (χ0) is 25.3. The molecule has 2 amide bonds. The summed E-state index contributed by atoms with van der Waals surface area (Å²) in [6.45, 7) is 3.42. The molecule has 0 unspecified atom stereocenters. The average Bonchev–Trinajstić information content (AvgIpc) is 2.83. The van der Waals surface area contributed by atoms with E-state index in [4.69, 9.17) is 9.88 Å². The first-order chi connectivity index (χ1) is 16.6. The molecular weight excluding hydrogens is 466 g/mol. The number of carbonyl (C=O) groups is 2. The van der Waals surface area contributed by atoms with Gasteiger partial charge in [-0.15, -0.1) is 0 Å². The molecule has 9 heteroatoms. The number of nitrogens with zero attached hydrogens (tertiary/aromatic N) is 2. The van der Waals surface area contributed by atoms with Gasteiger partial charge in [0.05, 0.1) is 18.0 Å². The van der Waals surface area contributed by atoms with Crippen LogP contribution in [0.25, 0.3) is 0 Å². The molecule has 0 aromatic heterocycles. The minimum absolute atomic E-state index is 0.0292. The van der Waals surface area contributed by atoms with Crippen LogP contribution in [0.15, 0.2) is 77.7 Å². The lowest BCUT2D eigenvalue weighted by molar-refractivity contribution is -0.117. The van der Waals surface area contributed by atoms with Crippen LogP contribution in [0.3, 0.4) is 0 Å². The van der Waals surface area contributed by atoms with Gasteiger partial charge in [-0.25, -0.2) is 13.6 Å². The van der Waals surface area contributed by atoms with E-state index in [1.807, 2.05) is 31.2 Å². The second-order valence-corrected chi connectivity index (χ2v) is 10.1. The summed E-state index contributed by atoms with van der Waals surface area (Å²) in [5.41, 5.74) is 2.64. The molecule has 0 bridgehead atoms. The number of para-hydroxylation sites is 1. The van der Waals surface area contributed by atoms with E-state index in [0.717, 1.165) is 11.3 Å². The smallest absolute Gasteiger partial charge is 0.258 e. The highest BCUT2D eigenvalue weighted by Gasteiger charge is 2.38. The zero-order valence-electron chi connectivity index (χ0n) is 19.7. The SMILES string of the molecule is COc1ccc(C(=O)N2c3ccccc3[C@H](N(C(C)=O)c3ccc(S(N)(=O)=O)cc3)C[C@@H]2C)cc1. The minimum atomic E-state index is -3.85. The summed E-state index contributed by atoms with van der Waals surface area (Å²) in [7, 11) is -2.28. The largest absolute Gasteiger partial charge is 0.497 e. The first kappa shape index (κ1) is 24.4. The monoisotopic (exact) mass is 493 g/mol. The topological polar surface area (TPSA) is 110 Å². The molecule has 4 rings (SSSR count). The second-order valence-electron chi connectivity index (χ2n) is 8.49. The van der Waals surface area contributed by atoms with Crippen LogP contribution in [0.1, 0.15) is 42.2 Å². The Morgan fingerprint density at radius 2 is 1.63 bits per heavy atom. The zero-order valence-corrected chi connectivity index (χ0v) is 20.5. The third kappa shape index (κ3) is 4.78. The van der Waals surface area contributed by atoms with E-state index in [0.29, 0.717) is 23.4 Å². The fourth-order valence-corrected chi connectivity index (χ4v) is 5.10. The number of benzene rings is 3. The normalized spacial score (nSPS) is 17.4. The van der Waals surface area contributed by atoms with E-state index >= 15 is 0 Å². The van der Waals surface area contributed by atoms with Gasteiger partial charge in [0, 0.05) is 29.9 Å². The molecular formula is C26H27N3O5S. The number of hydrogen-bond donors (Lipinski definition) is 1. The van der Waals surface area contributed by atoms with E-state index in [1.54, 1.807) is 53.3 Å². The van der Waals surface area contributed by atoms with Crippen molar-refractivity contribution in [3.8, 4) is 5.75 Å². The summed E-state index contributed by atoms with van der Waals surface area (Å²) in [5.74, 6) is 0.326. The summed E-state index contributed by atoms with van der Waals surface area (Å²) in [6.07, 6.45) is 0.495. The molecule has 2 atom stereocenters. The number of fused-ring (bicyclic) bond motifs is 1. The van der Waals surface area contributed by atoms with Crippen molar-refractivity contribution in [2.24, 2.45) is 5.14 Å². The quantitative estimate of drug-likeness (QED) is 0.580. The van der Waals surface area contributed by atoms with Crippen LogP contribution in [0.5, 0.6) is 5.75 Å². The molecule has 0 fully saturated rings. The third-order valence-electron chi connectivity index (χ3n) is 6.21. The molecule has 8 nitrogen and oxygen atoms in total. The first-order valence-corrected chi connectivity index (χ1v) is 12.7. The maximum Gasteiger partial charge on any atom is 0.258 e. The number of methoxy groups -OCH3 is 1. The van der Waals surface area contributed by atoms with Crippen LogP contribution in [-0.4, -0.2) is 33.4 Å². The van der Waals surface area contributed by atoms with Gasteiger partial charge >= 0.3 is 0 Å². The Kier molecular flexibility index (Phi) is 6.64. The third-order valence-corrected chi connectivity index (χ3v) is 7.14. The van der Waals surface area contributed by atoms with Gasteiger partial charge in [0.2, 0.25) is 15.9 Å². The van der Waals surface area contributed by atoms with E-state index < -0.39 is 10.0 Å². The van der Waals surface area contributed by atoms with Gasteiger partial charge in [0.25, 0.3) is 5.91 Å². The number of anilines is 2. The van der Waals surface area contributed by atoms with Gasteiger partial charge in [-0.05, 0) is 73.5 Å². The number of primary sulfonamides is 1. The van der Waals surface area contributed by atoms with Crippen molar-refractivity contribution in [2.45, 2.75) is 37.2 Å². The lowest BCUT2D eigenvalue weighted by atomic mass is 9.89. The maximum absolute atomic E-state index is 13.5. The molecule has 0 aliphatic carbocycles. The summed E-state index contributed by atoms with van der Waals surface area (Å²) in [4.78, 5) is 29.7. The number of rotatable bonds is 5. The molecule has 1 aliphatic heterocycles. The number of hydrogen-bond acceptors (Lipinski definition) is 5. The molecule has 3 aromatic carbocycles. The van der Waals surface area contributed by atoms with Crippen LogP contribution in [-0.2, 0) is 14.8 Å². The summed E-state index contributed by atoms with van der Waals surface area (Å²) >= 11 is 0. The van der Waals surface area contributed by atoms with Gasteiger partial charge in [-0.3, -0.25) is 9.59 Å². The van der Waals surface area contributed by atoms with Crippen LogP contribution >= 0.6 is 0 Å². The fourth-order valence-electron chi connectivity index (χ4n) is 4.59. The highest BCUT2D eigenvalue weighted by Crippen LogP contribution is 2.42. The average molecular weight is 494 g/mol. The molecule has 0 saturated carbocycles. The van der Waals surface area contributed by atoms with Crippen molar-refractivity contribution in [3.05, 3.63) is 83.9 Å². The summed E-state index contributed by atoms with van der Waals surface area (Å²) in [6, 6.07) is 19.9. The highest BCUT2D eigenvalue weighted by molar-refractivity contribution is 7.89. The summed E-state index contributed by atoms with van der Waals surface area (Å²) < 4.78 is 28.5. The van der Waals surface area contributed by atoms with Gasteiger partial charge in [-0.2, -0.15) is 0 Å². The Morgan fingerprint density at radius 1 is 1.00 bits per heavy atom. The Hall–Kier alpha value is -3.69. The molecule has 1 aliphatic rings. The Morgan fingerprint density at radius 3 is 2.20 bits per heavy atom. The van der Waals surface area contributed by atoms with Gasteiger partial charge < -0.3 is 14.5 Å². The molecule has 3 aromatic rings. The Labute approximate surface area is 205 Å². The highest BCUT2D eigenvalue weighted by atomic mass is 32.2. The number of carbonyl (C=O) groups excluding carboxylic acids is 2. The lowest BCUT2D eigenvalue weighted by Crippen LogP contribution is -2.47. The number of amides is 2. The van der Waals surface area contributed by atoms with Crippen LogP contribution in [0.4, 0.5) is 11.4 Å². The van der Waals surface area contributed by atoms with Crippen molar-refractivity contribution >= 4 is 33.2 Å². The molecule has 0 radical (unpaired) electrons. The van der Waals surface area contributed by atoms with Crippen molar-refractivity contribution in [3.63, 3.8) is 0 Å². The van der Waals surface area contributed by atoms with Crippen LogP contribution < -0.4 is 19.7 Å². The standard InChI is InChI=1S/C26H27N3O5S/c1-17-16-25(29(18(2)30)20-10-14-22(15-11-20)35(27,32)33)23-6-4-5-7-24(23)28(17)26(31)19-8-12-21(34-3)13-9-19/h4-15,17,25H,16H2,1-3H3,(H2,27,32,33)/t17-,25+/m0/s1. The second kappa shape index (κ2) is 9.52. The van der Waals surface area contributed by atoms with Crippen molar-refractivity contribution in [1.29, 1.82) is 0 Å². The maximum atomic E-state index is 13.5. The number of nitrogens with two attached hydrogens (primary N) is 1. The van der Waals surface area contributed by atoms with E-state index in [-0.39, 0.29) is 28.8 Å². The molecule has 0 saturated heterocycles. The van der Waals surface area contributed by atoms with Gasteiger partial charge in [0.15, 0.2) is 0 Å². The lowest BCUT2D eigenvalue weighted by Gasteiger charge is -2.43. The van der Waals surface area contributed by atoms with Crippen molar-refractivity contribution < 1.29 is 22.7 Å². The molecule has 35 heavy (non-hydrogen) atoms. The van der Waals surface area contributed by atoms with Gasteiger partial charge in [0.1, 0.15) is 5.75 Å². The first-order valence-electron chi connectivity index (χ1n) is 11.1. The predicted octanol–water partition coefficient (Wildman–Crippen LogP) is 3.88. The summed E-state index contributed by atoms with van der Waals surface area (Å²) in [5, 5.41) is 5.22. The minimum Gasteiger partial charge on any atom is -0.497 e. The molecule has 182 valence electrons. The van der Waals surface area contributed by atoms with Crippen LogP contribution in [0, 0.1) is 0 Å². The fraction of sp³-hybridized carbons (Fsp3) is 0.231. The molecule has 2 N–H and O–H groups in total.